The van der Waals surface area contributed by atoms with Crippen LogP contribution in [0.5, 0.6) is 5.75 Å². The Hall–Kier alpha value is -3.36. The summed E-state index contributed by atoms with van der Waals surface area (Å²) in [5.41, 5.74) is 1.58. The molecular weight excluding hydrogens is 366 g/mol. The van der Waals surface area contributed by atoms with Gasteiger partial charge < -0.3 is 24.2 Å². The molecule has 2 amide bonds. The van der Waals surface area contributed by atoms with Crippen LogP contribution in [0.3, 0.4) is 0 Å². The number of hydrogen-bond acceptors (Lipinski definition) is 7. The van der Waals surface area contributed by atoms with Gasteiger partial charge in [-0.1, -0.05) is 11.2 Å². The number of ether oxygens (including phenoxy) is 2. The molecule has 1 aliphatic heterocycles. The topological polar surface area (TPSA) is 111 Å². The molecule has 0 bridgehead atoms. The van der Waals surface area contributed by atoms with E-state index in [0.29, 0.717) is 17.2 Å². The van der Waals surface area contributed by atoms with Crippen molar-refractivity contribution in [3.63, 3.8) is 0 Å². The van der Waals surface area contributed by atoms with E-state index in [0.717, 1.165) is 5.56 Å². The smallest absolute Gasteiger partial charge is 0.311 e. The summed E-state index contributed by atoms with van der Waals surface area (Å²) in [6.07, 6.45) is 0.0139. The number of aryl methyl sites for hydroxylation is 2. The fourth-order valence-electron chi connectivity index (χ4n) is 2.97. The van der Waals surface area contributed by atoms with Crippen LogP contribution in [0.4, 0.5) is 11.5 Å². The fraction of sp³-hybridized carbons (Fsp3) is 0.368. The number of carbonyl (C=O) groups is 3. The molecule has 9 nitrogen and oxygen atoms in total. The van der Waals surface area contributed by atoms with Gasteiger partial charge in [-0.2, -0.15) is 0 Å². The summed E-state index contributed by atoms with van der Waals surface area (Å²) in [4.78, 5) is 38.1. The second-order valence-electron chi connectivity index (χ2n) is 6.56. The van der Waals surface area contributed by atoms with Crippen LogP contribution in [0.25, 0.3) is 0 Å². The minimum Gasteiger partial charge on any atom is -0.495 e. The molecule has 1 fully saturated rings. The number of anilines is 2. The van der Waals surface area contributed by atoms with Crippen LogP contribution >= 0.6 is 0 Å². The van der Waals surface area contributed by atoms with Crippen molar-refractivity contribution < 1.29 is 28.4 Å². The summed E-state index contributed by atoms with van der Waals surface area (Å²) in [5, 5.41) is 6.09. The van der Waals surface area contributed by atoms with E-state index in [4.69, 9.17) is 14.0 Å². The molecule has 0 unspecified atom stereocenters. The Kier molecular flexibility index (Phi) is 5.62. The first-order chi connectivity index (χ1) is 13.4. The van der Waals surface area contributed by atoms with E-state index in [1.807, 2.05) is 19.1 Å². The number of nitrogens with one attached hydrogen (secondary N) is 1. The van der Waals surface area contributed by atoms with Gasteiger partial charge in [0.1, 0.15) is 11.5 Å². The molecule has 1 aliphatic rings. The molecule has 148 valence electrons. The molecular formula is C19H21N3O6. The van der Waals surface area contributed by atoms with Gasteiger partial charge in [0.25, 0.3) is 5.91 Å². The van der Waals surface area contributed by atoms with Crippen LogP contribution in [0, 0.1) is 19.8 Å². The highest BCUT2D eigenvalue weighted by Gasteiger charge is 2.37. The molecule has 1 aromatic carbocycles. The first-order valence-corrected chi connectivity index (χ1v) is 8.72. The molecule has 28 heavy (non-hydrogen) atoms. The predicted octanol–water partition coefficient (Wildman–Crippen LogP) is 1.83. The number of rotatable bonds is 6. The molecule has 2 heterocycles. The first-order valence-electron chi connectivity index (χ1n) is 8.72. The van der Waals surface area contributed by atoms with E-state index in [-0.39, 0.29) is 24.7 Å². The third kappa shape index (κ3) is 4.30. The van der Waals surface area contributed by atoms with Crippen LogP contribution < -0.4 is 15.0 Å². The SMILES string of the molecule is COc1ccc(C)cc1N1C[C@H](C(=O)OCC(=O)Nc2cc(C)on2)CC1=O. The Bertz CT molecular complexity index is 907. The second-order valence-corrected chi connectivity index (χ2v) is 6.56. The van der Waals surface area contributed by atoms with E-state index in [1.54, 1.807) is 19.1 Å². The third-order valence-electron chi connectivity index (χ3n) is 4.32. The maximum Gasteiger partial charge on any atom is 0.311 e. The van der Waals surface area contributed by atoms with E-state index >= 15 is 0 Å². The molecule has 3 rings (SSSR count). The number of esters is 1. The molecule has 1 saturated heterocycles. The third-order valence-corrected chi connectivity index (χ3v) is 4.32. The van der Waals surface area contributed by atoms with Gasteiger partial charge in [-0.15, -0.1) is 0 Å². The number of hydrogen-bond donors (Lipinski definition) is 1. The van der Waals surface area contributed by atoms with Crippen molar-refractivity contribution in [1.29, 1.82) is 0 Å². The zero-order chi connectivity index (χ0) is 20.3. The van der Waals surface area contributed by atoms with Crippen molar-refractivity contribution in [2.24, 2.45) is 5.92 Å². The first kappa shape index (κ1) is 19.4. The van der Waals surface area contributed by atoms with Crippen LogP contribution in [0.2, 0.25) is 0 Å². The van der Waals surface area contributed by atoms with Crippen molar-refractivity contribution in [2.45, 2.75) is 20.3 Å². The second kappa shape index (κ2) is 8.12. The van der Waals surface area contributed by atoms with Gasteiger partial charge in [0.2, 0.25) is 5.91 Å². The lowest BCUT2D eigenvalue weighted by molar-refractivity contribution is -0.151. The minimum absolute atomic E-state index is 0.0139. The standard InChI is InChI=1S/C19H21N3O6/c1-11-4-5-15(26-3)14(6-11)22-9-13(8-18(22)24)19(25)27-10-17(23)20-16-7-12(2)28-21-16/h4-7,13H,8-10H2,1-3H3,(H,20,21,23)/t13-/m1/s1. The van der Waals surface area contributed by atoms with Crippen LogP contribution in [0.15, 0.2) is 28.8 Å². The van der Waals surface area contributed by atoms with Gasteiger partial charge in [-0.05, 0) is 31.5 Å². The van der Waals surface area contributed by atoms with Gasteiger partial charge in [-0.3, -0.25) is 14.4 Å². The van der Waals surface area contributed by atoms with Crippen molar-refractivity contribution in [3.8, 4) is 5.75 Å². The van der Waals surface area contributed by atoms with E-state index < -0.39 is 24.4 Å². The lowest BCUT2D eigenvalue weighted by atomic mass is 10.1. The summed E-state index contributed by atoms with van der Waals surface area (Å²) in [6.45, 7) is 3.30. The number of nitrogens with zero attached hydrogens (tertiary/aromatic N) is 2. The molecule has 0 spiro atoms. The van der Waals surface area contributed by atoms with Crippen molar-refractivity contribution in [1.82, 2.24) is 5.16 Å². The zero-order valence-electron chi connectivity index (χ0n) is 15.9. The average Bonchev–Trinajstić information content (AvgIpc) is 3.25. The molecule has 1 N–H and O–H groups in total. The van der Waals surface area contributed by atoms with Gasteiger partial charge >= 0.3 is 5.97 Å². The Labute approximate surface area is 161 Å². The zero-order valence-corrected chi connectivity index (χ0v) is 15.9. The maximum atomic E-state index is 12.4. The minimum atomic E-state index is -0.653. The van der Waals surface area contributed by atoms with Crippen LogP contribution in [-0.2, 0) is 19.1 Å². The number of methoxy groups -OCH3 is 1. The quantitative estimate of drug-likeness (QED) is 0.753. The fourth-order valence-corrected chi connectivity index (χ4v) is 2.97. The lowest BCUT2D eigenvalue weighted by Gasteiger charge is -2.20. The predicted molar refractivity (Wildman–Crippen MR) is 99.0 cm³/mol. The van der Waals surface area contributed by atoms with E-state index in [2.05, 4.69) is 10.5 Å². The van der Waals surface area contributed by atoms with Gasteiger partial charge in [0.05, 0.1) is 18.7 Å². The summed E-state index contributed by atoms with van der Waals surface area (Å²) in [7, 11) is 1.52. The van der Waals surface area contributed by atoms with Crippen molar-refractivity contribution in [2.75, 3.05) is 30.5 Å². The van der Waals surface area contributed by atoms with Gasteiger partial charge in [0.15, 0.2) is 12.4 Å². The Morgan fingerprint density at radius 3 is 2.79 bits per heavy atom. The molecule has 2 aromatic rings. The summed E-state index contributed by atoms with van der Waals surface area (Å²) >= 11 is 0. The summed E-state index contributed by atoms with van der Waals surface area (Å²) in [5.74, 6) is -0.656. The Morgan fingerprint density at radius 1 is 1.32 bits per heavy atom. The Balaban J connectivity index is 1.58. The number of benzene rings is 1. The maximum absolute atomic E-state index is 12.4. The lowest BCUT2D eigenvalue weighted by Crippen LogP contribution is -2.28. The normalized spacial score (nSPS) is 16.2. The van der Waals surface area contributed by atoms with E-state index in [1.165, 1.54) is 12.0 Å². The summed E-state index contributed by atoms with van der Waals surface area (Å²) < 4.78 is 15.2. The number of carbonyl (C=O) groups excluding carboxylic acids is 3. The van der Waals surface area contributed by atoms with Crippen LogP contribution in [-0.4, -0.2) is 43.2 Å². The number of amides is 2. The molecule has 1 atom stereocenters. The highest BCUT2D eigenvalue weighted by atomic mass is 16.5. The van der Waals surface area contributed by atoms with E-state index in [9.17, 15) is 14.4 Å². The molecule has 0 aliphatic carbocycles. The number of aromatic nitrogens is 1. The van der Waals surface area contributed by atoms with Crippen molar-refractivity contribution in [3.05, 3.63) is 35.6 Å². The molecule has 0 radical (unpaired) electrons. The highest BCUT2D eigenvalue weighted by Crippen LogP contribution is 2.34. The summed E-state index contributed by atoms with van der Waals surface area (Å²) in [6, 6.07) is 7.03. The highest BCUT2D eigenvalue weighted by molar-refractivity contribution is 6.01. The largest absolute Gasteiger partial charge is 0.495 e. The van der Waals surface area contributed by atoms with Gasteiger partial charge in [0, 0.05) is 19.0 Å². The monoisotopic (exact) mass is 387 g/mol. The molecule has 9 heteroatoms. The Morgan fingerprint density at radius 2 is 2.11 bits per heavy atom. The molecule has 0 saturated carbocycles. The van der Waals surface area contributed by atoms with Crippen molar-refractivity contribution >= 4 is 29.3 Å². The average molecular weight is 387 g/mol. The molecule has 1 aromatic heterocycles. The van der Waals surface area contributed by atoms with Crippen LogP contribution in [0.1, 0.15) is 17.7 Å². The van der Waals surface area contributed by atoms with Gasteiger partial charge in [-0.25, -0.2) is 0 Å².